The normalized spacial score (nSPS) is 19.5. The SMILES string of the molecule is O=[C-]CCC1NC(=O)SC1=O.[Y].[c-]1ccccc1B1OCCO1. The number of carbonyl (C=O) groups excluding carboxylic acids is 3. The fraction of sp³-hybridized carbons (Fsp3) is 0.357. The Morgan fingerprint density at radius 1 is 1.35 bits per heavy atom. The predicted molar refractivity (Wildman–Crippen MR) is 82.4 cm³/mol. The van der Waals surface area contributed by atoms with Crippen molar-refractivity contribution in [2.45, 2.75) is 18.9 Å². The Morgan fingerprint density at radius 3 is 2.61 bits per heavy atom. The third-order valence-electron chi connectivity index (χ3n) is 2.91. The van der Waals surface area contributed by atoms with Crippen molar-refractivity contribution in [3.8, 4) is 0 Å². The van der Waals surface area contributed by atoms with Crippen molar-refractivity contribution in [2.75, 3.05) is 13.2 Å². The third-order valence-corrected chi connectivity index (χ3v) is 3.70. The van der Waals surface area contributed by atoms with Crippen molar-refractivity contribution in [3.63, 3.8) is 0 Å². The van der Waals surface area contributed by atoms with E-state index in [1.54, 1.807) is 6.29 Å². The second-order valence-electron chi connectivity index (χ2n) is 4.48. The second kappa shape index (κ2) is 11.1. The first-order valence-corrected chi connectivity index (χ1v) is 7.59. The average molecular weight is 408 g/mol. The summed E-state index contributed by atoms with van der Waals surface area (Å²) in [4.78, 5) is 31.2. The van der Waals surface area contributed by atoms with Gasteiger partial charge in [0.2, 0.25) is 5.12 Å². The van der Waals surface area contributed by atoms with Crippen LogP contribution in [0.3, 0.4) is 0 Å². The van der Waals surface area contributed by atoms with Crippen molar-refractivity contribution in [2.24, 2.45) is 0 Å². The minimum absolute atomic E-state index is 0. The van der Waals surface area contributed by atoms with Gasteiger partial charge in [-0.3, -0.25) is 15.9 Å². The van der Waals surface area contributed by atoms with Crippen LogP contribution in [0.4, 0.5) is 4.79 Å². The summed E-state index contributed by atoms with van der Waals surface area (Å²) in [7, 11) is -0.184. The van der Waals surface area contributed by atoms with Gasteiger partial charge in [0.25, 0.3) is 5.24 Å². The molecule has 6 nitrogen and oxygen atoms in total. The van der Waals surface area contributed by atoms with Gasteiger partial charge in [0.05, 0.1) is 19.3 Å². The molecule has 3 rings (SSSR count). The van der Waals surface area contributed by atoms with Gasteiger partial charge in [-0.15, -0.1) is 5.46 Å². The van der Waals surface area contributed by atoms with Gasteiger partial charge in [-0.2, -0.15) is 36.8 Å². The number of rotatable bonds is 4. The Labute approximate surface area is 164 Å². The van der Waals surface area contributed by atoms with Crippen LogP contribution in [0.2, 0.25) is 0 Å². The number of nitrogens with one attached hydrogen (secondary N) is 1. The molecular weight excluding hydrogens is 394 g/mol. The smallest absolute Gasteiger partial charge is 0.467 e. The first-order chi connectivity index (χ1) is 10.7. The maximum absolute atomic E-state index is 10.8. The van der Waals surface area contributed by atoms with E-state index in [0.29, 0.717) is 31.4 Å². The van der Waals surface area contributed by atoms with Gasteiger partial charge < -0.3 is 19.4 Å². The zero-order chi connectivity index (χ0) is 15.8. The van der Waals surface area contributed by atoms with Crippen LogP contribution in [0, 0.1) is 6.07 Å². The Kier molecular flexibility index (Phi) is 9.90. The molecule has 1 amide bonds. The largest absolute Gasteiger partial charge is 0.542 e. The van der Waals surface area contributed by atoms with Gasteiger partial charge in [-0.25, -0.2) is 0 Å². The first kappa shape index (κ1) is 20.5. The molecule has 0 aliphatic carbocycles. The van der Waals surface area contributed by atoms with Crippen LogP contribution in [-0.4, -0.2) is 43.0 Å². The summed E-state index contributed by atoms with van der Waals surface area (Å²) in [6.07, 6.45) is 2.22. The van der Waals surface area contributed by atoms with Crippen molar-refractivity contribution in [3.05, 3.63) is 30.3 Å². The molecule has 2 saturated heterocycles. The molecule has 2 fully saturated rings. The van der Waals surface area contributed by atoms with Crippen LogP contribution in [0.15, 0.2) is 24.3 Å². The summed E-state index contributed by atoms with van der Waals surface area (Å²) in [5.74, 6) is 0. The van der Waals surface area contributed by atoms with E-state index in [4.69, 9.17) is 9.31 Å². The molecule has 2 heterocycles. The molecule has 1 aromatic carbocycles. The Balaban J connectivity index is 0.000000220. The van der Waals surface area contributed by atoms with E-state index >= 15 is 0 Å². The molecule has 0 spiro atoms. The van der Waals surface area contributed by atoms with Gasteiger partial charge in [-0.1, -0.05) is 0 Å². The number of hydrogen-bond donors (Lipinski definition) is 1. The molecule has 2 aliphatic heterocycles. The summed E-state index contributed by atoms with van der Waals surface area (Å²) in [6.45, 7) is 1.38. The van der Waals surface area contributed by atoms with E-state index in [-0.39, 0.29) is 56.6 Å². The van der Waals surface area contributed by atoms with E-state index < -0.39 is 6.04 Å². The van der Waals surface area contributed by atoms with Crippen LogP contribution < -0.4 is 10.8 Å². The molecule has 1 unspecified atom stereocenters. The molecular formula is C14H14BNO5SY-2. The minimum Gasteiger partial charge on any atom is -0.542 e. The summed E-state index contributed by atoms with van der Waals surface area (Å²) < 4.78 is 10.6. The number of benzene rings is 1. The first-order valence-electron chi connectivity index (χ1n) is 6.77. The quantitative estimate of drug-likeness (QED) is 0.576. The predicted octanol–water partition coefficient (Wildman–Crippen LogP) is 0.454. The number of hydrogen-bond acceptors (Lipinski definition) is 6. The fourth-order valence-electron chi connectivity index (χ4n) is 1.88. The van der Waals surface area contributed by atoms with E-state index in [1.807, 2.05) is 24.3 Å². The van der Waals surface area contributed by atoms with E-state index in [2.05, 4.69) is 11.4 Å². The molecule has 23 heavy (non-hydrogen) atoms. The molecule has 9 heteroatoms. The fourth-order valence-corrected chi connectivity index (χ4v) is 2.58. The molecule has 1 aromatic rings. The number of amides is 1. The van der Waals surface area contributed by atoms with Crippen molar-refractivity contribution >= 4 is 41.0 Å². The maximum Gasteiger partial charge on any atom is 0.467 e. The summed E-state index contributed by atoms with van der Waals surface area (Å²) in [6, 6.07) is 10.3. The Bertz CT molecular complexity index is 527. The van der Waals surface area contributed by atoms with Crippen molar-refractivity contribution in [1.29, 1.82) is 0 Å². The standard InChI is InChI=1S/C8H8BO2.C6H6NO3S.Y/c1-2-4-8(5-3-1)9-10-6-7-11-9;8-3-1-2-4-5(9)11-6(10)7-4;/h1-4H,6-7H2;4H,1-2H2,(H,7,10);/q2*-1;. The van der Waals surface area contributed by atoms with Crippen LogP contribution in [0.5, 0.6) is 0 Å². The molecule has 1 atom stereocenters. The van der Waals surface area contributed by atoms with Crippen molar-refractivity contribution in [1.82, 2.24) is 5.32 Å². The minimum atomic E-state index is -0.478. The summed E-state index contributed by atoms with van der Waals surface area (Å²) >= 11 is 0.660. The number of carbonyl (C=O) groups is 2. The van der Waals surface area contributed by atoms with Gasteiger partial charge in [0.1, 0.15) is 0 Å². The molecule has 119 valence electrons. The summed E-state index contributed by atoms with van der Waals surface area (Å²) in [5.41, 5.74) is 0.977. The molecule has 0 bridgehead atoms. The van der Waals surface area contributed by atoms with E-state index in [0.717, 1.165) is 5.46 Å². The molecule has 1 N–H and O–H groups in total. The van der Waals surface area contributed by atoms with Gasteiger partial charge in [0.15, 0.2) is 0 Å². The number of thioether (sulfide) groups is 1. The average Bonchev–Trinajstić information content (AvgIpc) is 3.17. The molecule has 0 saturated carbocycles. The Hall–Kier alpha value is -0.531. The molecule has 0 aromatic heterocycles. The van der Waals surface area contributed by atoms with Gasteiger partial charge in [-0.05, 0) is 6.42 Å². The van der Waals surface area contributed by atoms with E-state index in [9.17, 15) is 14.4 Å². The van der Waals surface area contributed by atoms with Crippen LogP contribution in [0.1, 0.15) is 12.8 Å². The Morgan fingerprint density at radius 2 is 2.09 bits per heavy atom. The molecule has 1 radical (unpaired) electrons. The second-order valence-corrected chi connectivity index (χ2v) is 5.46. The van der Waals surface area contributed by atoms with E-state index in [1.165, 1.54) is 0 Å². The van der Waals surface area contributed by atoms with Crippen LogP contribution in [0.25, 0.3) is 0 Å². The van der Waals surface area contributed by atoms with Crippen LogP contribution in [-0.2, 0) is 51.6 Å². The van der Waals surface area contributed by atoms with Gasteiger partial charge >= 0.3 is 7.12 Å². The topological polar surface area (TPSA) is 81.7 Å². The zero-order valence-corrected chi connectivity index (χ0v) is 16.0. The maximum atomic E-state index is 10.8. The summed E-state index contributed by atoms with van der Waals surface area (Å²) in [5, 5.41) is 1.90. The van der Waals surface area contributed by atoms with Crippen LogP contribution >= 0.6 is 11.8 Å². The van der Waals surface area contributed by atoms with Crippen molar-refractivity contribution < 1.29 is 56.4 Å². The molecule has 2 aliphatic rings. The zero-order valence-electron chi connectivity index (χ0n) is 12.3. The monoisotopic (exact) mass is 408 g/mol. The van der Waals surface area contributed by atoms with Gasteiger partial charge in [0, 0.05) is 44.5 Å². The third kappa shape index (κ3) is 6.85.